The number of amides is 2. The summed E-state index contributed by atoms with van der Waals surface area (Å²) in [4.78, 5) is 50.9. The fraction of sp³-hybridized carbons (Fsp3) is 0.450. The smallest absolute Gasteiger partial charge is 0.328 e. The van der Waals surface area contributed by atoms with Crippen LogP contribution in [0.3, 0.4) is 0 Å². The molecule has 0 radical (unpaired) electrons. The molecular formula is C20H26N4O5. The van der Waals surface area contributed by atoms with Crippen molar-refractivity contribution in [2.75, 3.05) is 0 Å². The molecule has 9 nitrogen and oxygen atoms in total. The number of rotatable bonds is 7. The third-order valence-electron chi connectivity index (χ3n) is 4.40. The molecule has 2 amide bonds. The molecule has 2 aromatic rings. The van der Waals surface area contributed by atoms with Gasteiger partial charge in [0, 0.05) is 17.5 Å². The Morgan fingerprint density at radius 2 is 1.62 bits per heavy atom. The van der Waals surface area contributed by atoms with Crippen LogP contribution in [0.5, 0.6) is 0 Å². The van der Waals surface area contributed by atoms with Gasteiger partial charge in [0.15, 0.2) is 11.8 Å². The molecule has 0 unspecified atom stereocenters. The monoisotopic (exact) mass is 402 g/mol. The third-order valence-corrected chi connectivity index (χ3v) is 4.40. The topological polar surface area (TPSA) is 125 Å². The van der Waals surface area contributed by atoms with Crippen LogP contribution in [0, 0.1) is 0 Å². The predicted molar refractivity (Wildman–Crippen MR) is 107 cm³/mol. The normalized spacial score (nSPS) is 12.2. The first-order valence-electron chi connectivity index (χ1n) is 9.35. The van der Waals surface area contributed by atoms with Crippen LogP contribution in [0.1, 0.15) is 45.1 Å². The molecule has 29 heavy (non-hydrogen) atoms. The Bertz CT molecular complexity index is 988. The largest absolute Gasteiger partial charge is 0.451 e. The van der Waals surface area contributed by atoms with E-state index in [0.29, 0.717) is 5.39 Å². The Kier molecular flexibility index (Phi) is 6.73. The second-order valence-corrected chi connectivity index (χ2v) is 7.29. The lowest BCUT2D eigenvalue weighted by Gasteiger charge is -2.32. The van der Waals surface area contributed by atoms with Crippen LogP contribution < -0.4 is 11.3 Å². The maximum atomic E-state index is 12.6. The molecule has 1 aromatic carbocycles. The highest BCUT2D eigenvalue weighted by Gasteiger charge is 2.28. The number of nitrogens with two attached hydrogens (primary N) is 1. The molecule has 1 heterocycles. The van der Waals surface area contributed by atoms with Gasteiger partial charge in [0.05, 0.1) is 5.39 Å². The first-order valence-corrected chi connectivity index (χ1v) is 9.35. The van der Waals surface area contributed by atoms with Gasteiger partial charge in [-0.15, -0.1) is 0 Å². The number of carbonyl (C=O) groups excluding carboxylic acids is 3. The average molecular weight is 402 g/mol. The first-order chi connectivity index (χ1) is 13.5. The highest BCUT2D eigenvalue weighted by molar-refractivity contribution is 6.04. The van der Waals surface area contributed by atoms with Gasteiger partial charge in [-0.2, -0.15) is 5.10 Å². The zero-order valence-electron chi connectivity index (χ0n) is 17.2. The average Bonchev–Trinajstić information content (AvgIpc) is 2.63. The lowest BCUT2D eigenvalue weighted by molar-refractivity contribution is -0.161. The number of nitrogens with zero attached hydrogens (tertiary/aromatic N) is 3. The zero-order valence-corrected chi connectivity index (χ0v) is 17.2. The molecule has 0 aliphatic carbocycles. The Labute approximate surface area is 168 Å². The van der Waals surface area contributed by atoms with E-state index in [2.05, 4.69) is 5.10 Å². The summed E-state index contributed by atoms with van der Waals surface area (Å²) in [7, 11) is 0. The lowest BCUT2D eigenvalue weighted by atomic mass is 10.1. The van der Waals surface area contributed by atoms with Gasteiger partial charge in [-0.1, -0.05) is 18.2 Å². The van der Waals surface area contributed by atoms with Gasteiger partial charge >= 0.3 is 5.97 Å². The molecule has 156 valence electrons. The molecule has 2 rings (SSSR count). The minimum absolute atomic E-state index is 0.0634. The summed E-state index contributed by atoms with van der Waals surface area (Å²) in [5, 5.41) is 4.43. The van der Waals surface area contributed by atoms with Crippen LogP contribution in [0.15, 0.2) is 29.1 Å². The van der Waals surface area contributed by atoms with E-state index in [9.17, 15) is 19.2 Å². The van der Waals surface area contributed by atoms with Crippen molar-refractivity contribution >= 4 is 28.6 Å². The molecule has 0 saturated carbocycles. The molecule has 0 aliphatic heterocycles. The van der Waals surface area contributed by atoms with Crippen molar-refractivity contribution in [3.63, 3.8) is 0 Å². The number of carbonyl (C=O) groups is 3. The van der Waals surface area contributed by atoms with Gasteiger partial charge in [0.2, 0.25) is 0 Å². The van der Waals surface area contributed by atoms with Gasteiger partial charge < -0.3 is 15.4 Å². The van der Waals surface area contributed by atoms with Crippen LogP contribution in [-0.4, -0.2) is 50.7 Å². The fourth-order valence-electron chi connectivity index (χ4n) is 3.25. The first kappa shape index (κ1) is 22.1. The van der Waals surface area contributed by atoms with E-state index in [0.717, 1.165) is 4.68 Å². The summed E-state index contributed by atoms with van der Waals surface area (Å²) in [6.07, 6.45) is -1.03. The van der Waals surface area contributed by atoms with E-state index in [1.807, 2.05) is 27.7 Å². The molecule has 0 spiro atoms. The van der Waals surface area contributed by atoms with E-state index in [1.165, 1.54) is 13.0 Å². The number of hydrogen-bond acceptors (Lipinski definition) is 6. The van der Waals surface area contributed by atoms with Crippen LogP contribution in [0.4, 0.5) is 0 Å². The molecule has 0 fully saturated rings. The van der Waals surface area contributed by atoms with Crippen molar-refractivity contribution in [1.29, 1.82) is 0 Å². The number of esters is 1. The maximum Gasteiger partial charge on any atom is 0.328 e. The SMILES string of the molecule is CC(C)N(C(=O)[C@H](C)OC(=O)Cn1nc(C(N)=O)c2ccccc2c1=O)C(C)C. The number of fused-ring (bicyclic) bond motifs is 1. The summed E-state index contributed by atoms with van der Waals surface area (Å²) in [5.41, 5.74) is 4.67. The second-order valence-electron chi connectivity index (χ2n) is 7.29. The molecule has 0 aliphatic rings. The van der Waals surface area contributed by atoms with E-state index in [4.69, 9.17) is 10.5 Å². The van der Waals surface area contributed by atoms with Gasteiger partial charge in [0.1, 0.15) is 6.54 Å². The van der Waals surface area contributed by atoms with E-state index in [-0.39, 0.29) is 29.1 Å². The third kappa shape index (κ3) is 4.79. The van der Waals surface area contributed by atoms with Crippen molar-refractivity contribution in [2.45, 2.75) is 59.4 Å². The Morgan fingerprint density at radius 3 is 2.14 bits per heavy atom. The van der Waals surface area contributed by atoms with Crippen molar-refractivity contribution in [2.24, 2.45) is 5.73 Å². The number of ether oxygens (including phenoxy) is 1. The van der Waals surface area contributed by atoms with E-state index in [1.54, 1.807) is 23.1 Å². The van der Waals surface area contributed by atoms with E-state index >= 15 is 0 Å². The van der Waals surface area contributed by atoms with Crippen LogP contribution in [-0.2, 0) is 20.9 Å². The van der Waals surface area contributed by atoms with Crippen molar-refractivity contribution in [3.05, 3.63) is 40.3 Å². The minimum atomic E-state index is -1.03. The number of primary amides is 1. The molecule has 9 heteroatoms. The maximum absolute atomic E-state index is 12.6. The minimum Gasteiger partial charge on any atom is -0.451 e. The van der Waals surface area contributed by atoms with Crippen molar-refractivity contribution in [1.82, 2.24) is 14.7 Å². The predicted octanol–water partition coefficient (Wildman–Crippen LogP) is 1.07. The van der Waals surface area contributed by atoms with Crippen LogP contribution >= 0.6 is 0 Å². The summed E-state index contributed by atoms with van der Waals surface area (Å²) >= 11 is 0. The Hall–Kier alpha value is -3.23. The molecular weight excluding hydrogens is 376 g/mol. The van der Waals surface area contributed by atoms with Crippen molar-refractivity contribution in [3.8, 4) is 0 Å². The van der Waals surface area contributed by atoms with Gasteiger partial charge in [-0.3, -0.25) is 19.2 Å². The summed E-state index contributed by atoms with van der Waals surface area (Å²) in [6, 6.07) is 6.22. The lowest BCUT2D eigenvalue weighted by Crippen LogP contribution is -2.47. The summed E-state index contributed by atoms with van der Waals surface area (Å²) < 4.78 is 6.04. The standard InChI is InChI=1S/C20H26N4O5/c1-11(2)24(12(3)4)19(27)13(5)29-16(25)10-23-20(28)15-9-7-6-8-14(15)17(22-23)18(21)26/h6-9,11-13H,10H2,1-5H3,(H2,21,26)/t13-/m0/s1. The molecule has 2 N–H and O–H groups in total. The molecule has 0 bridgehead atoms. The summed E-state index contributed by atoms with van der Waals surface area (Å²) in [5.74, 6) is -1.98. The van der Waals surface area contributed by atoms with Crippen molar-refractivity contribution < 1.29 is 19.1 Å². The van der Waals surface area contributed by atoms with Gasteiger partial charge in [-0.25, -0.2) is 4.68 Å². The Balaban J connectivity index is 2.26. The zero-order chi connectivity index (χ0) is 21.9. The number of aromatic nitrogens is 2. The summed E-state index contributed by atoms with van der Waals surface area (Å²) in [6.45, 7) is 8.41. The van der Waals surface area contributed by atoms with Crippen LogP contribution in [0.25, 0.3) is 10.8 Å². The Morgan fingerprint density at radius 1 is 1.07 bits per heavy atom. The molecule has 0 saturated heterocycles. The number of hydrogen-bond donors (Lipinski definition) is 1. The molecule has 1 aromatic heterocycles. The van der Waals surface area contributed by atoms with Crippen LogP contribution in [0.2, 0.25) is 0 Å². The number of benzene rings is 1. The highest BCUT2D eigenvalue weighted by atomic mass is 16.5. The fourth-order valence-corrected chi connectivity index (χ4v) is 3.25. The van der Waals surface area contributed by atoms with Gasteiger partial charge in [0.25, 0.3) is 17.4 Å². The van der Waals surface area contributed by atoms with Gasteiger partial charge in [-0.05, 0) is 40.7 Å². The molecule has 1 atom stereocenters. The second kappa shape index (κ2) is 8.85. The van der Waals surface area contributed by atoms with E-state index < -0.39 is 30.1 Å². The highest BCUT2D eigenvalue weighted by Crippen LogP contribution is 2.13. The quantitative estimate of drug-likeness (QED) is 0.691.